The second-order valence-corrected chi connectivity index (χ2v) is 14.2. The molecule has 8 aromatic carbocycles. The number of anilines is 3. The fourth-order valence-corrected chi connectivity index (χ4v) is 8.92. The van der Waals surface area contributed by atoms with Crippen LogP contribution in [0, 0.1) is 0 Å². The fourth-order valence-electron chi connectivity index (χ4n) is 7.53. The van der Waals surface area contributed by atoms with Crippen LogP contribution in [0.1, 0.15) is 0 Å². The summed E-state index contributed by atoms with van der Waals surface area (Å²) in [6.07, 6.45) is 0. The maximum absolute atomic E-state index is 7.01. The van der Waals surface area contributed by atoms with Crippen LogP contribution in [0.5, 0.6) is 0 Å². The van der Waals surface area contributed by atoms with Crippen molar-refractivity contribution in [2.45, 2.75) is 9.79 Å². The molecule has 0 saturated carbocycles. The van der Waals surface area contributed by atoms with Gasteiger partial charge in [-0.2, -0.15) is 0 Å². The van der Waals surface area contributed by atoms with Crippen LogP contribution >= 0.6 is 23.4 Å². The summed E-state index contributed by atoms with van der Waals surface area (Å²) < 4.78 is 2.36. The number of hydrogen-bond acceptors (Lipinski definition) is 2. The highest BCUT2D eigenvalue weighted by atomic mass is 35.5. The van der Waals surface area contributed by atoms with Crippen LogP contribution in [0.15, 0.2) is 186 Å². The highest BCUT2D eigenvalue weighted by Gasteiger charge is 2.28. The molecule has 9 aromatic rings. The minimum atomic E-state index is 0.741. The first-order valence-corrected chi connectivity index (χ1v) is 18.0. The topological polar surface area (TPSA) is 8.17 Å². The monoisotopic (exact) mass is 676 g/mol. The van der Waals surface area contributed by atoms with E-state index >= 15 is 0 Å². The van der Waals surface area contributed by atoms with Gasteiger partial charge in [-0.15, -0.1) is 0 Å². The molecule has 0 radical (unpaired) electrons. The summed E-state index contributed by atoms with van der Waals surface area (Å²) in [4.78, 5) is 4.71. The van der Waals surface area contributed by atoms with E-state index in [9.17, 15) is 0 Å². The maximum atomic E-state index is 7.01. The number of rotatable bonds is 4. The van der Waals surface area contributed by atoms with E-state index < -0.39 is 0 Å². The van der Waals surface area contributed by atoms with Gasteiger partial charge < -0.3 is 9.47 Å². The molecule has 0 amide bonds. The van der Waals surface area contributed by atoms with Gasteiger partial charge >= 0.3 is 0 Å². The molecule has 4 heteroatoms. The van der Waals surface area contributed by atoms with Crippen molar-refractivity contribution in [1.82, 2.24) is 4.57 Å². The third-order valence-corrected chi connectivity index (χ3v) is 11.2. The Morgan fingerprint density at radius 2 is 1.08 bits per heavy atom. The SMILES string of the molecule is Clc1cccc2c1N(c1cccc3ccccc13)c1cc(-c3cccc(-c4ccc5c(c4)c4ccccc4n5-c4ccccc4)c3)ccc1S2. The number of para-hydroxylation sites is 3. The van der Waals surface area contributed by atoms with Gasteiger partial charge in [-0.05, 0) is 94.4 Å². The van der Waals surface area contributed by atoms with Gasteiger partial charge in [0.05, 0.1) is 33.1 Å². The fraction of sp³-hybridized carbons (Fsp3) is 0. The molecule has 2 heterocycles. The van der Waals surface area contributed by atoms with Crippen molar-refractivity contribution >= 4 is 73.0 Å². The quantitative estimate of drug-likeness (QED) is 0.183. The number of hydrogen-bond donors (Lipinski definition) is 0. The molecule has 236 valence electrons. The maximum Gasteiger partial charge on any atom is 0.0788 e. The van der Waals surface area contributed by atoms with Crippen molar-refractivity contribution in [3.8, 4) is 27.9 Å². The second-order valence-electron chi connectivity index (χ2n) is 12.7. The number of nitrogens with zero attached hydrogens (tertiary/aromatic N) is 2. The number of halogens is 1. The third kappa shape index (κ3) is 4.66. The molecular weight excluding hydrogens is 648 g/mol. The van der Waals surface area contributed by atoms with Crippen molar-refractivity contribution in [3.05, 3.63) is 181 Å². The molecule has 1 aromatic heterocycles. The van der Waals surface area contributed by atoms with Crippen LogP contribution < -0.4 is 4.90 Å². The predicted octanol–water partition coefficient (Wildman–Crippen LogP) is 13.9. The smallest absolute Gasteiger partial charge is 0.0788 e. The Balaban J connectivity index is 1.11. The molecule has 0 fully saturated rings. The Morgan fingerprint density at radius 3 is 1.96 bits per heavy atom. The van der Waals surface area contributed by atoms with Gasteiger partial charge in [0.25, 0.3) is 0 Å². The lowest BCUT2D eigenvalue weighted by Crippen LogP contribution is -2.16. The summed E-state index contributed by atoms with van der Waals surface area (Å²) in [6, 6.07) is 63.2. The van der Waals surface area contributed by atoms with Crippen LogP contribution in [0.3, 0.4) is 0 Å². The van der Waals surface area contributed by atoms with Gasteiger partial charge in [-0.3, -0.25) is 0 Å². The normalized spacial score (nSPS) is 12.4. The van der Waals surface area contributed by atoms with Gasteiger partial charge in [0.1, 0.15) is 0 Å². The Kier molecular flexibility index (Phi) is 6.83. The standard InChI is InChI=1S/C46H29ClN2S/c47-39-19-10-22-45-46(39)49(40-21-9-12-30-11-4-5-17-36(30)40)43-29-34(24-26-44(43)50-45)32-14-8-13-31(27-32)33-23-25-42-38(28-33)37-18-6-7-20-41(37)48(42)35-15-2-1-3-16-35/h1-29H. The zero-order valence-corrected chi connectivity index (χ0v) is 28.5. The zero-order chi connectivity index (χ0) is 33.2. The Labute approximate surface area is 299 Å². The number of benzene rings is 8. The molecule has 0 unspecified atom stereocenters. The molecule has 0 bridgehead atoms. The van der Waals surface area contributed by atoms with Crippen molar-refractivity contribution in [3.63, 3.8) is 0 Å². The molecule has 1 aliphatic rings. The zero-order valence-electron chi connectivity index (χ0n) is 26.9. The van der Waals surface area contributed by atoms with E-state index in [4.69, 9.17) is 11.6 Å². The summed E-state index contributed by atoms with van der Waals surface area (Å²) in [7, 11) is 0. The summed E-state index contributed by atoms with van der Waals surface area (Å²) in [5.41, 5.74) is 11.6. The Bertz CT molecular complexity index is 2760. The van der Waals surface area contributed by atoms with E-state index in [0.717, 1.165) is 32.5 Å². The summed E-state index contributed by atoms with van der Waals surface area (Å²) in [6.45, 7) is 0. The lowest BCUT2D eigenvalue weighted by atomic mass is 9.97. The van der Waals surface area contributed by atoms with Gasteiger partial charge in [-0.25, -0.2) is 0 Å². The lowest BCUT2D eigenvalue weighted by Gasteiger charge is -2.34. The first-order chi connectivity index (χ1) is 24.7. The Hall–Kier alpha value is -5.74. The van der Waals surface area contributed by atoms with E-state index in [1.165, 1.54) is 59.9 Å². The first-order valence-electron chi connectivity index (χ1n) is 16.8. The van der Waals surface area contributed by atoms with Crippen molar-refractivity contribution in [1.29, 1.82) is 0 Å². The van der Waals surface area contributed by atoms with Gasteiger partial charge in [0.15, 0.2) is 0 Å². The summed E-state index contributed by atoms with van der Waals surface area (Å²) >= 11 is 8.79. The van der Waals surface area contributed by atoms with Crippen molar-refractivity contribution in [2.24, 2.45) is 0 Å². The first kappa shape index (κ1) is 29.2. The van der Waals surface area contributed by atoms with Gasteiger partial charge in [0, 0.05) is 31.6 Å². The molecule has 0 saturated heterocycles. The van der Waals surface area contributed by atoms with E-state index in [1.807, 2.05) is 12.1 Å². The predicted molar refractivity (Wildman–Crippen MR) is 213 cm³/mol. The van der Waals surface area contributed by atoms with Crippen LogP contribution in [-0.2, 0) is 0 Å². The number of aromatic nitrogens is 1. The Morgan fingerprint density at radius 1 is 0.420 bits per heavy atom. The van der Waals surface area contributed by atoms with E-state index in [2.05, 4.69) is 173 Å². The highest BCUT2D eigenvalue weighted by Crippen LogP contribution is 2.55. The summed E-state index contributed by atoms with van der Waals surface area (Å²) in [5, 5.41) is 5.63. The molecule has 0 spiro atoms. The molecule has 2 nitrogen and oxygen atoms in total. The molecule has 10 rings (SSSR count). The van der Waals surface area contributed by atoms with Crippen LogP contribution in [0.25, 0.3) is 60.5 Å². The van der Waals surface area contributed by atoms with Crippen LogP contribution in [0.2, 0.25) is 5.02 Å². The third-order valence-electron chi connectivity index (χ3n) is 9.82. The second kappa shape index (κ2) is 11.7. The van der Waals surface area contributed by atoms with Gasteiger partial charge in [-0.1, -0.05) is 133 Å². The minimum absolute atomic E-state index is 0.741. The van der Waals surface area contributed by atoms with Crippen molar-refractivity contribution in [2.75, 3.05) is 4.90 Å². The lowest BCUT2D eigenvalue weighted by molar-refractivity contribution is 1.17. The van der Waals surface area contributed by atoms with E-state index in [1.54, 1.807) is 11.8 Å². The molecule has 0 N–H and O–H groups in total. The molecule has 1 aliphatic heterocycles. The number of fused-ring (bicyclic) bond motifs is 6. The van der Waals surface area contributed by atoms with Crippen LogP contribution in [-0.4, -0.2) is 4.57 Å². The largest absolute Gasteiger partial charge is 0.309 e. The molecule has 50 heavy (non-hydrogen) atoms. The molecular formula is C46H29ClN2S. The average molecular weight is 677 g/mol. The summed E-state index contributed by atoms with van der Waals surface area (Å²) in [5.74, 6) is 0. The molecule has 0 aliphatic carbocycles. The van der Waals surface area contributed by atoms with E-state index in [-0.39, 0.29) is 0 Å². The minimum Gasteiger partial charge on any atom is -0.309 e. The van der Waals surface area contributed by atoms with Crippen LogP contribution in [0.4, 0.5) is 17.1 Å². The highest BCUT2D eigenvalue weighted by molar-refractivity contribution is 7.99. The van der Waals surface area contributed by atoms with Crippen molar-refractivity contribution < 1.29 is 0 Å². The van der Waals surface area contributed by atoms with E-state index in [0.29, 0.717) is 0 Å². The molecule has 0 atom stereocenters. The average Bonchev–Trinajstić information content (AvgIpc) is 3.51. The van der Waals surface area contributed by atoms with Gasteiger partial charge in [0.2, 0.25) is 0 Å².